The molecule has 0 aliphatic heterocycles. The summed E-state index contributed by atoms with van der Waals surface area (Å²) in [5.74, 6) is 0.0986. The van der Waals surface area contributed by atoms with Gasteiger partial charge in [-0.25, -0.2) is 0 Å². The van der Waals surface area contributed by atoms with E-state index in [2.05, 4.69) is 19.1 Å². The van der Waals surface area contributed by atoms with Crippen molar-refractivity contribution in [3.63, 3.8) is 0 Å². The Morgan fingerprint density at radius 1 is 1.26 bits per heavy atom. The van der Waals surface area contributed by atoms with E-state index in [-0.39, 0.29) is 11.8 Å². The van der Waals surface area contributed by atoms with Crippen LogP contribution in [0.25, 0.3) is 0 Å². The van der Waals surface area contributed by atoms with E-state index >= 15 is 0 Å². The number of amides is 1. The van der Waals surface area contributed by atoms with Gasteiger partial charge in [-0.15, -0.1) is 0 Å². The van der Waals surface area contributed by atoms with Crippen molar-refractivity contribution >= 4 is 5.91 Å². The smallest absolute Gasteiger partial charge is 0.227 e. The minimum atomic E-state index is -0.0980. The number of benzene rings is 1. The summed E-state index contributed by atoms with van der Waals surface area (Å²) in [6, 6.07) is 10.1. The topological polar surface area (TPSA) is 46.3 Å². The zero-order valence-corrected chi connectivity index (χ0v) is 12.1. The third-order valence-corrected chi connectivity index (χ3v) is 3.43. The van der Waals surface area contributed by atoms with Crippen molar-refractivity contribution in [1.82, 2.24) is 4.90 Å². The van der Waals surface area contributed by atoms with Crippen molar-refractivity contribution in [3.8, 4) is 0 Å². The van der Waals surface area contributed by atoms with Crippen LogP contribution in [0, 0.1) is 5.92 Å². The van der Waals surface area contributed by atoms with Crippen LogP contribution < -0.4 is 5.73 Å². The van der Waals surface area contributed by atoms with Crippen LogP contribution in [0.2, 0.25) is 0 Å². The molecule has 1 atom stereocenters. The lowest BCUT2D eigenvalue weighted by molar-refractivity contribution is -0.135. The molecule has 0 heterocycles. The number of hydrogen-bond acceptors (Lipinski definition) is 2. The fraction of sp³-hybridized carbons (Fsp3) is 0.562. The molecule has 3 nitrogen and oxygen atoms in total. The number of unbranched alkanes of at least 4 members (excludes halogenated alkanes) is 1. The molecule has 1 unspecified atom stereocenters. The molecule has 0 saturated carbocycles. The largest absolute Gasteiger partial charge is 0.343 e. The summed E-state index contributed by atoms with van der Waals surface area (Å²) < 4.78 is 0. The maximum absolute atomic E-state index is 12.5. The Kier molecular flexibility index (Phi) is 7.19. The molecule has 2 N–H and O–H groups in total. The number of hydrogen-bond donors (Lipinski definition) is 1. The lowest BCUT2D eigenvalue weighted by Gasteiger charge is -2.25. The van der Waals surface area contributed by atoms with Crippen LogP contribution in [0.4, 0.5) is 0 Å². The van der Waals surface area contributed by atoms with Gasteiger partial charge < -0.3 is 10.6 Å². The highest BCUT2D eigenvalue weighted by atomic mass is 16.2. The number of nitrogens with two attached hydrogens (primary N) is 1. The molecule has 19 heavy (non-hydrogen) atoms. The molecule has 0 saturated heterocycles. The highest BCUT2D eigenvalue weighted by molar-refractivity contribution is 5.79. The average molecular weight is 262 g/mol. The van der Waals surface area contributed by atoms with Gasteiger partial charge in [0, 0.05) is 19.6 Å². The molecule has 0 aliphatic carbocycles. The van der Waals surface area contributed by atoms with Crippen molar-refractivity contribution in [1.29, 1.82) is 0 Å². The summed E-state index contributed by atoms with van der Waals surface area (Å²) in [6.07, 6.45) is 2.90. The van der Waals surface area contributed by atoms with Crippen LogP contribution >= 0.6 is 0 Å². The molecule has 0 spiro atoms. The molecule has 0 fully saturated rings. The zero-order valence-electron chi connectivity index (χ0n) is 12.1. The first kappa shape index (κ1) is 15.7. The molecule has 3 heteroatoms. The molecule has 1 aromatic carbocycles. The van der Waals surface area contributed by atoms with E-state index in [1.807, 2.05) is 30.0 Å². The predicted octanol–water partition coefficient (Wildman–Crippen LogP) is 2.45. The summed E-state index contributed by atoms with van der Waals surface area (Å²) in [6.45, 7) is 6.20. The van der Waals surface area contributed by atoms with E-state index < -0.39 is 0 Å². The average Bonchev–Trinajstić information content (AvgIpc) is 2.46. The Morgan fingerprint density at radius 2 is 1.95 bits per heavy atom. The normalized spacial score (nSPS) is 12.2. The van der Waals surface area contributed by atoms with Gasteiger partial charge in [-0.3, -0.25) is 4.79 Å². The van der Waals surface area contributed by atoms with Crippen molar-refractivity contribution in [2.75, 3.05) is 19.6 Å². The SMILES string of the molecule is CCCCN(CC)C(=O)C(CN)Cc1ccccc1. The molecular weight excluding hydrogens is 236 g/mol. The number of nitrogens with zero attached hydrogens (tertiary/aromatic N) is 1. The van der Waals surface area contributed by atoms with Crippen molar-refractivity contribution in [3.05, 3.63) is 35.9 Å². The quantitative estimate of drug-likeness (QED) is 0.782. The van der Waals surface area contributed by atoms with E-state index in [4.69, 9.17) is 5.73 Å². The van der Waals surface area contributed by atoms with Crippen LogP contribution in [0.3, 0.4) is 0 Å². The van der Waals surface area contributed by atoms with Gasteiger partial charge in [0.05, 0.1) is 5.92 Å². The second kappa shape index (κ2) is 8.70. The van der Waals surface area contributed by atoms with Crippen LogP contribution in [0.5, 0.6) is 0 Å². The second-order valence-corrected chi connectivity index (χ2v) is 4.89. The molecule has 0 aromatic heterocycles. The molecule has 0 aliphatic rings. The van der Waals surface area contributed by atoms with E-state index in [0.29, 0.717) is 6.54 Å². The third-order valence-electron chi connectivity index (χ3n) is 3.43. The van der Waals surface area contributed by atoms with E-state index in [1.165, 1.54) is 5.56 Å². The first-order chi connectivity index (χ1) is 9.22. The summed E-state index contributed by atoms with van der Waals surface area (Å²) in [4.78, 5) is 14.4. The Morgan fingerprint density at radius 3 is 2.47 bits per heavy atom. The van der Waals surface area contributed by atoms with Crippen molar-refractivity contribution < 1.29 is 4.79 Å². The van der Waals surface area contributed by atoms with E-state index in [0.717, 1.165) is 32.4 Å². The van der Waals surface area contributed by atoms with Gasteiger partial charge in [-0.1, -0.05) is 43.7 Å². The highest BCUT2D eigenvalue weighted by Gasteiger charge is 2.22. The molecule has 1 aromatic rings. The van der Waals surface area contributed by atoms with Crippen LogP contribution in [-0.4, -0.2) is 30.4 Å². The third kappa shape index (κ3) is 5.03. The summed E-state index contributed by atoms with van der Waals surface area (Å²) in [5, 5.41) is 0. The van der Waals surface area contributed by atoms with Crippen molar-refractivity contribution in [2.24, 2.45) is 11.7 Å². The van der Waals surface area contributed by atoms with Crippen LogP contribution in [0.15, 0.2) is 30.3 Å². The van der Waals surface area contributed by atoms with Gasteiger partial charge in [0.2, 0.25) is 5.91 Å². The Bertz CT molecular complexity index is 364. The van der Waals surface area contributed by atoms with E-state index in [1.54, 1.807) is 0 Å². The van der Waals surface area contributed by atoms with Gasteiger partial charge in [0.1, 0.15) is 0 Å². The Labute approximate surface area is 116 Å². The summed E-state index contributed by atoms with van der Waals surface area (Å²) in [5.41, 5.74) is 6.97. The number of carbonyl (C=O) groups excluding carboxylic acids is 1. The minimum Gasteiger partial charge on any atom is -0.343 e. The van der Waals surface area contributed by atoms with Gasteiger partial charge in [0.25, 0.3) is 0 Å². The second-order valence-electron chi connectivity index (χ2n) is 4.89. The predicted molar refractivity (Wildman–Crippen MR) is 79.9 cm³/mol. The maximum Gasteiger partial charge on any atom is 0.227 e. The van der Waals surface area contributed by atoms with Gasteiger partial charge >= 0.3 is 0 Å². The number of carbonyl (C=O) groups is 1. The summed E-state index contributed by atoms with van der Waals surface area (Å²) >= 11 is 0. The fourth-order valence-corrected chi connectivity index (χ4v) is 2.20. The summed E-state index contributed by atoms with van der Waals surface area (Å²) in [7, 11) is 0. The van der Waals surface area contributed by atoms with Crippen molar-refractivity contribution in [2.45, 2.75) is 33.1 Å². The standard InChI is InChI=1S/C16H26N2O/c1-3-5-11-18(4-2)16(19)15(13-17)12-14-9-7-6-8-10-14/h6-10,15H,3-5,11-13,17H2,1-2H3. The fourth-order valence-electron chi connectivity index (χ4n) is 2.20. The lowest BCUT2D eigenvalue weighted by Crippen LogP contribution is -2.40. The van der Waals surface area contributed by atoms with Crippen LogP contribution in [-0.2, 0) is 11.2 Å². The Hall–Kier alpha value is -1.35. The first-order valence-electron chi connectivity index (χ1n) is 7.25. The number of rotatable bonds is 8. The Balaban J connectivity index is 2.64. The van der Waals surface area contributed by atoms with Gasteiger partial charge in [-0.2, -0.15) is 0 Å². The first-order valence-corrected chi connectivity index (χ1v) is 7.25. The molecule has 0 radical (unpaired) electrons. The zero-order chi connectivity index (χ0) is 14.1. The van der Waals surface area contributed by atoms with Gasteiger partial charge in [0.15, 0.2) is 0 Å². The minimum absolute atomic E-state index is 0.0980. The lowest BCUT2D eigenvalue weighted by atomic mass is 9.98. The molecule has 106 valence electrons. The monoisotopic (exact) mass is 262 g/mol. The maximum atomic E-state index is 12.5. The molecule has 1 rings (SSSR count). The van der Waals surface area contributed by atoms with E-state index in [9.17, 15) is 4.79 Å². The highest BCUT2D eigenvalue weighted by Crippen LogP contribution is 2.11. The van der Waals surface area contributed by atoms with Crippen LogP contribution in [0.1, 0.15) is 32.3 Å². The molecule has 0 bridgehead atoms. The van der Waals surface area contributed by atoms with Gasteiger partial charge in [-0.05, 0) is 25.3 Å². The molecule has 1 amide bonds. The molecular formula is C16H26N2O.